The third-order valence-corrected chi connectivity index (χ3v) is 4.03. The lowest BCUT2D eigenvalue weighted by Gasteiger charge is -2.24. The number of carbonyl (C=O) groups is 1. The molecule has 1 atom stereocenters. The maximum atomic E-state index is 12.8. The second kappa shape index (κ2) is 8.38. The molecule has 22 heavy (non-hydrogen) atoms. The van der Waals surface area contributed by atoms with Crippen molar-refractivity contribution in [1.29, 1.82) is 0 Å². The molecule has 0 saturated heterocycles. The van der Waals surface area contributed by atoms with Gasteiger partial charge in [-0.15, -0.1) is 0 Å². The van der Waals surface area contributed by atoms with Gasteiger partial charge < -0.3 is 4.90 Å². The lowest BCUT2D eigenvalue weighted by molar-refractivity contribution is -0.131. The minimum Gasteiger partial charge on any atom is -0.345 e. The van der Waals surface area contributed by atoms with Crippen molar-refractivity contribution in [2.45, 2.75) is 32.1 Å². The zero-order valence-electron chi connectivity index (χ0n) is 13.5. The predicted molar refractivity (Wildman–Crippen MR) is 91.9 cm³/mol. The number of hydrogen-bond acceptors (Lipinski definition) is 1. The Bertz CT molecular complexity index is 565. The molecule has 0 aromatic heterocycles. The van der Waals surface area contributed by atoms with Gasteiger partial charge in [-0.3, -0.25) is 4.79 Å². The van der Waals surface area contributed by atoms with Gasteiger partial charge in [0.1, 0.15) is 0 Å². The fourth-order valence-electron chi connectivity index (χ4n) is 2.72. The van der Waals surface area contributed by atoms with Crippen LogP contribution in [0.4, 0.5) is 0 Å². The van der Waals surface area contributed by atoms with E-state index in [0.29, 0.717) is 0 Å². The predicted octanol–water partition coefficient (Wildman–Crippen LogP) is 4.27. The van der Waals surface area contributed by atoms with Gasteiger partial charge in [0.05, 0.1) is 5.92 Å². The molecule has 0 spiro atoms. The van der Waals surface area contributed by atoms with Gasteiger partial charge in [0.25, 0.3) is 0 Å². The Labute approximate surface area is 133 Å². The molecule has 0 N–H and O–H groups in total. The molecule has 1 amide bonds. The van der Waals surface area contributed by atoms with E-state index >= 15 is 0 Å². The summed E-state index contributed by atoms with van der Waals surface area (Å²) in [6.07, 6.45) is 2.81. The molecule has 116 valence electrons. The van der Waals surface area contributed by atoms with Crippen molar-refractivity contribution >= 4 is 5.91 Å². The van der Waals surface area contributed by atoms with Crippen LogP contribution in [0.1, 0.15) is 36.8 Å². The lowest BCUT2D eigenvalue weighted by atomic mass is 9.93. The highest BCUT2D eigenvalue weighted by atomic mass is 16.2. The molecule has 0 aliphatic rings. The fourth-order valence-corrected chi connectivity index (χ4v) is 2.72. The molecule has 0 radical (unpaired) electrons. The summed E-state index contributed by atoms with van der Waals surface area (Å²) in [6, 6.07) is 20.5. The topological polar surface area (TPSA) is 20.3 Å². The largest absolute Gasteiger partial charge is 0.345 e. The Morgan fingerprint density at radius 1 is 1.00 bits per heavy atom. The van der Waals surface area contributed by atoms with Crippen LogP contribution < -0.4 is 0 Å². The highest BCUT2D eigenvalue weighted by Crippen LogP contribution is 2.23. The van der Waals surface area contributed by atoms with E-state index in [4.69, 9.17) is 0 Å². The number of nitrogens with zero attached hydrogens (tertiary/aromatic N) is 1. The smallest absolute Gasteiger partial charge is 0.229 e. The Balaban J connectivity index is 2.00. The molecule has 0 aliphatic carbocycles. The third-order valence-electron chi connectivity index (χ3n) is 4.03. The summed E-state index contributed by atoms with van der Waals surface area (Å²) < 4.78 is 0. The summed E-state index contributed by atoms with van der Waals surface area (Å²) in [5.41, 5.74) is 2.40. The number of rotatable bonds is 7. The van der Waals surface area contributed by atoms with Crippen LogP contribution in [0.2, 0.25) is 0 Å². The van der Waals surface area contributed by atoms with Gasteiger partial charge in [0.15, 0.2) is 0 Å². The van der Waals surface area contributed by atoms with Crippen molar-refractivity contribution in [3.63, 3.8) is 0 Å². The highest BCUT2D eigenvalue weighted by Gasteiger charge is 2.22. The molecule has 2 heteroatoms. The Morgan fingerprint density at radius 2 is 1.59 bits per heavy atom. The van der Waals surface area contributed by atoms with Gasteiger partial charge in [0, 0.05) is 13.6 Å². The molecule has 0 heterocycles. The summed E-state index contributed by atoms with van der Waals surface area (Å²) in [6.45, 7) is 2.89. The van der Waals surface area contributed by atoms with E-state index in [-0.39, 0.29) is 11.8 Å². The monoisotopic (exact) mass is 295 g/mol. The van der Waals surface area contributed by atoms with Crippen LogP contribution in [0.25, 0.3) is 0 Å². The van der Waals surface area contributed by atoms with Gasteiger partial charge in [-0.2, -0.15) is 0 Å². The average molecular weight is 295 g/mol. The highest BCUT2D eigenvalue weighted by molar-refractivity contribution is 5.83. The van der Waals surface area contributed by atoms with E-state index in [0.717, 1.165) is 31.4 Å². The first-order valence-electron chi connectivity index (χ1n) is 8.06. The van der Waals surface area contributed by atoms with Crippen molar-refractivity contribution in [2.24, 2.45) is 0 Å². The molecule has 2 aromatic carbocycles. The summed E-state index contributed by atoms with van der Waals surface area (Å²) >= 11 is 0. The molecule has 0 fully saturated rings. The molecule has 0 saturated carbocycles. The molecule has 0 bridgehead atoms. The maximum Gasteiger partial charge on any atom is 0.229 e. The van der Waals surface area contributed by atoms with E-state index < -0.39 is 0 Å². The van der Waals surface area contributed by atoms with E-state index in [1.165, 1.54) is 5.56 Å². The Morgan fingerprint density at radius 3 is 2.18 bits per heavy atom. The van der Waals surface area contributed by atoms with E-state index in [9.17, 15) is 4.79 Å². The third kappa shape index (κ3) is 4.45. The first-order valence-corrected chi connectivity index (χ1v) is 8.06. The number of hydrogen-bond donors (Lipinski definition) is 0. The van der Waals surface area contributed by atoms with E-state index in [1.54, 1.807) is 0 Å². The van der Waals surface area contributed by atoms with Crippen LogP contribution in [0.15, 0.2) is 60.7 Å². The first-order chi connectivity index (χ1) is 10.7. The van der Waals surface area contributed by atoms with Gasteiger partial charge >= 0.3 is 0 Å². The van der Waals surface area contributed by atoms with Gasteiger partial charge in [-0.25, -0.2) is 0 Å². The average Bonchev–Trinajstić information content (AvgIpc) is 2.58. The molecule has 2 nitrogen and oxygen atoms in total. The normalized spacial score (nSPS) is 11.9. The van der Waals surface area contributed by atoms with Gasteiger partial charge in [-0.05, 0) is 24.0 Å². The van der Waals surface area contributed by atoms with Crippen molar-refractivity contribution in [2.75, 3.05) is 13.6 Å². The summed E-state index contributed by atoms with van der Waals surface area (Å²) in [5.74, 6) is 0.205. The van der Waals surface area contributed by atoms with Crippen molar-refractivity contribution in [1.82, 2.24) is 4.90 Å². The zero-order chi connectivity index (χ0) is 15.8. The van der Waals surface area contributed by atoms with Crippen LogP contribution in [0, 0.1) is 0 Å². The number of benzene rings is 2. The second-order valence-electron chi connectivity index (χ2n) is 5.75. The molecule has 2 aromatic rings. The zero-order valence-corrected chi connectivity index (χ0v) is 13.5. The van der Waals surface area contributed by atoms with Gasteiger partial charge in [0.2, 0.25) is 5.91 Å². The number of carbonyl (C=O) groups excluding carboxylic acids is 1. The summed E-state index contributed by atoms with van der Waals surface area (Å²) in [4.78, 5) is 14.7. The fraction of sp³-hybridized carbons (Fsp3) is 0.350. The Kier molecular flexibility index (Phi) is 6.20. The SMILES string of the molecule is CCCC(C(=O)N(C)CCc1ccccc1)c1ccccc1. The summed E-state index contributed by atoms with van der Waals surface area (Å²) in [5, 5.41) is 0. The van der Waals surface area contributed by atoms with Crippen molar-refractivity contribution in [3.8, 4) is 0 Å². The van der Waals surface area contributed by atoms with Crippen LogP contribution in [-0.4, -0.2) is 24.4 Å². The molecule has 0 aliphatic heterocycles. The van der Waals surface area contributed by atoms with E-state index in [2.05, 4.69) is 31.2 Å². The Hall–Kier alpha value is -2.09. The number of amides is 1. The quantitative estimate of drug-likeness (QED) is 0.747. The van der Waals surface area contributed by atoms with Crippen LogP contribution in [0.3, 0.4) is 0 Å². The molecule has 2 rings (SSSR count). The van der Waals surface area contributed by atoms with Crippen molar-refractivity contribution in [3.05, 3.63) is 71.8 Å². The van der Waals surface area contributed by atoms with Crippen LogP contribution >= 0.6 is 0 Å². The second-order valence-corrected chi connectivity index (χ2v) is 5.75. The minimum atomic E-state index is -0.0213. The standard InChI is InChI=1S/C20H25NO/c1-3-10-19(18-13-8-5-9-14-18)20(22)21(2)16-15-17-11-6-4-7-12-17/h4-9,11-14,19H,3,10,15-16H2,1-2H3. The molecular formula is C20H25NO. The molecular weight excluding hydrogens is 270 g/mol. The van der Waals surface area contributed by atoms with Crippen LogP contribution in [-0.2, 0) is 11.2 Å². The first kappa shape index (κ1) is 16.3. The maximum absolute atomic E-state index is 12.8. The minimum absolute atomic E-state index is 0.0213. The van der Waals surface area contributed by atoms with Crippen LogP contribution in [0.5, 0.6) is 0 Å². The van der Waals surface area contributed by atoms with E-state index in [1.807, 2.05) is 48.3 Å². The number of likely N-dealkylation sites (N-methyl/N-ethyl adjacent to an activating group) is 1. The van der Waals surface area contributed by atoms with Gasteiger partial charge in [-0.1, -0.05) is 74.0 Å². The molecule has 1 unspecified atom stereocenters. The van der Waals surface area contributed by atoms with Crippen molar-refractivity contribution < 1.29 is 4.79 Å². The lowest BCUT2D eigenvalue weighted by Crippen LogP contribution is -2.33. The summed E-state index contributed by atoms with van der Waals surface area (Å²) in [7, 11) is 1.91.